The molecule has 1 aromatic heterocycles. The van der Waals surface area contributed by atoms with Gasteiger partial charge in [0.15, 0.2) is 0 Å². The lowest BCUT2D eigenvalue weighted by molar-refractivity contribution is 0.0639. The maximum atomic E-state index is 8.92. The number of benzene rings is 1. The van der Waals surface area contributed by atoms with Gasteiger partial charge in [0.05, 0.1) is 17.3 Å². The number of aromatic nitrogens is 2. The monoisotopic (exact) mass is 324 g/mol. The molecule has 0 spiro atoms. The molecule has 126 valence electrons. The van der Waals surface area contributed by atoms with Crippen LogP contribution in [0.1, 0.15) is 30.4 Å². The summed E-state index contributed by atoms with van der Waals surface area (Å²) in [5, 5.41) is 17.1. The van der Waals surface area contributed by atoms with Crippen LogP contribution in [-0.4, -0.2) is 29.5 Å². The van der Waals surface area contributed by atoms with E-state index in [1.54, 1.807) is 0 Å². The molecule has 2 heterocycles. The molecule has 5 nitrogen and oxygen atoms in total. The van der Waals surface area contributed by atoms with Gasteiger partial charge in [0, 0.05) is 44.1 Å². The minimum absolute atomic E-state index is 0.672. The predicted octanol–water partition coefficient (Wildman–Crippen LogP) is 2.87. The third-order valence-electron chi connectivity index (χ3n) is 4.58. The zero-order chi connectivity index (χ0) is 16.8. The van der Waals surface area contributed by atoms with Gasteiger partial charge < -0.3 is 10.1 Å². The molecule has 0 bridgehead atoms. The van der Waals surface area contributed by atoms with Crippen LogP contribution in [0.3, 0.4) is 0 Å². The van der Waals surface area contributed by atoms with Crippen molar-refractivity contribution in [3.8, 4) is 17.3 Å². The normalized spacial score (nSPS) is 15.3. The van der Waals surface area contributed by atoms with Crippen molar-refractivity contribution in [3.63, 3.8) is 0 Å². The molecule has 1 N–H and O–H groups in total. The summed E-state index contributed by atoms with van der Waals surface area (Å²) in [6, 6.07) is 9.76. The van der Waals surface area contributed by atoms with E-state index >= 15 is 0 Å². The van der Waals surface area contributed by atoms with Crippen LogP contribution in [0.4, 0.5) is 0 Å². The minimum Gasteiger partial charge on any atom is -0.381 e. The maximum Gasteiger partial charge on any atom is 0.0991 e. The number of hydrogen-bond donors (Lipinski definition) is 1. The summed E-state index contributed by atoms with van der Waals surface area (Å²) in [5.41, 5.74) is 3.90. The van der Waals surface area contributed by atoms with Crippen molar-refractivity contribution in [2.45, 2.75) is 25.8 Å². The van der Waals surface area contributed by atoms with E-state index in [2.05, 4.69) is 22.7 Å². The molecule has 1 aliphatic heterocycles. The van der Waals surface area contributed by atoms with Gasteiger partial charge in [-0.25, -0.2) is 0 Å². The topological polar surface area (TPSA) is 62.9 Å². The summed E-state index contributed by atoms with van der Waals surface area (Å²) in [4.78, 5) is 0. The molecule has 0 unspecified atom stereocenters. The first kappa shape index (κ1) is 16.7. The van der Waals surface area contributed by atoms with Crippen LogP contribution >= 0.6 is 0 Å². The highest BCUT2D eigenvalue weighted by molar-refractivity contribution is 5.63. The third kappa shape index (κ3) is 4.22. The maximum absolute atomic E-state index is 8.92. The molecule has 5 heteroatoms. The molecule has 0 aliphatic carbocycles. The summed E-state index contributed by atoms with van der Waals surface area (Å²) in [6.45, 7) is 3.66. The molecule has 0 amide bonds. The van der Waals surface area contributed by atoms with Crippen molar-refractivity contribution < 1.29 is 4.74 Å². The fourth-order valence-electron chi connectivity index (χ4n) is 3.18. The number of ether oxygens (including phenoxy) is 1. The number of nitrogens with one attached hydrogen (secondary N) is 1. The molecule has 1 saturated heterocycles. The van der Waals surface area contributed by atoms with Crippen molar-refractivity contribution >= 4 is 0 Å². The molecule has 1 aliphatic rings. The average molecular weight is 324 g/mol. The van der Waals surface area contributed by atoms with Crippen molar-refractivity contribution in [2.75, 3.05) is 19.8 Å². The highest BCUT2D eigenvalue weighted by Crippen LogP contribution is 2.22. The molecule has 0 atom stereocenters. The Kier molecular flexibility index (Phi) is 5.63. The van der Waals surface area contributed by atoms with Crippen LogP contribution < -0.4 is 5.32 Å². The Morgan fingerprint density at radius 2 is 2.04 bits per heavy atom. The van der Waals surface area contributed by atoms with Crippen molar-refractivity contribution in [2.24, 2.45) is 13.0 Å². The highest BCUT2D eigenvalue weighted by atomic mass is 16.5. The Hall–Kier alpha value is -2.16. The van der Waals surface area contributed by atoms with Crippen LogP contribution in [-0.2, 0) is 18.3 Å². The second-order valence-electron chi connectivity index (χ2n) is 6.39. The predicted molar refractivity (Wildman–Crippen MR) is 93.2 cm³/mol. The second-order valence-corrected chi connectivity index (χ2v) is 6.39. The summed E-state index contributed by atoms with van der Waals surface area (Å²) in [7, 11) is 1.94. The van der Waals surface area contributed by atoms with Gasteiger partial charge in [-0.3, -0.25) is 4.68 Å². The summed E-state index contributed by atoms with van der Waals surface area (Å²) < 4.78 is 7.26. The largest absolute Gasteiger partial charge is 0.381 e. The van der Waals surface area contributed by atoms with Gasteiger partial charge in [0.25, 0.3) is 0 Å². The molecule has 0 radical (unpaired) electrons. The van der Waals surface area contributed by atoms with Crippen LogP contribution in [0, 0.1) is 17.2 Å². The molecule has 1 fully saturated rings. The van der Waals surface area contributed by atoms with Gasteiger partial charge in [-0.15, -0.1) is 0 Å². The summed E-state index contributed by atoms with van der Waals surface area (Å²) in [6.07, 6.45) is 5.64. The zero-order valence-corrected chi connectivity index (χ0v) is 14.2. The number of nitrogens with zero attached hydrogens (tertiary/aromatic N) is 3. The third-order valence-corrected chi connectivity index (χ3v) is 4.58. The summed E-state index contributed by atoms with van der Waals surface area (Å²) >= 11 is 0. The standard InChI is InChI=1S/C19H24N4O/c1-23-14-18(13-21-9-6-15-7-10-24-11-8-15)19(22-23)17-4-2-16(12-20)3-5-17/h2-5,14-15,21H,6-11,13H2,1H3. The Bertz CT molecular complexity index is 693. The van der Waals surface area contributed by atoms with Crippen LogP contribution in [0.25, 0.3) is 11.3 Å². The van der Waals surface area contributed by atoms with Crippen molar-refractivity contribution in [1.82, 2.24) is 15.1 Å². The molecular formula is C19H24N4O. The van der Waals surface area contributed by atoms with E-state index in [4.69, 9.17) is 10.00 Å². The lowest BCUT2D eigenvalue weighted by Gasteiger charge is -2.21. The van der Waals surface area contributed by atoms with E-state index in [9.17, 15) is 0 Å². The van der Waals surface area contributed by atoms with Gasteiger partial charge >= 0.3 is 0 Å². The number of aryl methyl sites for hydroxylation is 1. The van der Waals surface area contributed by atoms with Gasteiger partial charge in [0.2, 0.25) is 0 Å². The Morgan fingerprint density at radius 1 is 1.29 bits per heavy atom. The van der Waals surface area contributed by atoms with Crippen LogP contribution in [0.2, 0.25) is 0 Å². The lowest BCUT2D eigenvalue weighted by atomic mass is 9.97. The lowest BCUT2D eigenvalue weighted by Crippen LogP contribution is -2.22. The first-order valence-electron chi connectivity index (χ1n) is 8.58. The van der Waals surface area contributed by atoms with E-state index in [1.165, 1.54) is 24.8 Å². The fraction of sp³-hybridized carbons (Fsp3) is 0.474. The summed E-state index contributed by atoms with van der Waals surface area (Å²) in [5.74, 6) is 0.790. The van der Waals surface area contributed by atoms with Crippen molar-refractivity contribution in [1.29, 1.82) is 5.26 Å². The van der Waals surface area contributed by atoms with Gasteiger partial charge in [-0.05, 0) is 43.9 Å². The zero-order valence-electron chi connectivity index (χ0n) is 14.2. The molecule has 2 aromatic rings. The molecule has 3 rings (SSSR count). The number of hydrogen-bond acceptors (Lipinski definition) is 4. The average Bonchev–Trinajstić information content (AvgIpc) is 3.00. The van der Waals surface area contributed by atoms with Crippen molar-refractivity contribution in [3.05, 3.63) is 41.6 Å². The quantitative estimate of drug-likeness (QED) is 0.830. The van der Waals surface area contributed by atoms with E-state index in [1.807, 2.05) is 36.0 Å². The smallest absolute Gasteiger partial charge is 0.0991 e. The molecule has 0 saturated carbocycles. The van der Waals surface area contributed by atoms with Crippen LogP contribution in [0.5, 0.6) is 0 Å². The van der Waals surface area contributed by atoms with E-state index in [0.29, 0.717) is 5.56 Å². The first-order valence-corrected chi connectivity index (χ1v) is 8.58. The van der Waals surface area contributed by atoms with Gasteiger partial charge in [-0.1, -0.05) is 12.1 Å². The van der Waals surface area contributed by atoms with Gasteiger partial charge in [0.1, 0.15) is 0 Å². The van der Waals surface area contributed by atoms with Gasteiger partial charge in [-0.2, -0.15) is 10.4 Å². The molecule has 1 aromatic carbocycles. The molecular weight excluding hydrogens is 300 g/mol. The minimum atomic E-state index is 0.672. The first-order chi connectivity index (χ1) is 11.8. The number of nitriles is 1. The van der Waals surface area contributed by atoms with Crippen LogP contribution in [0.15, 0.2) is 30.5 Å². The fourth-order valence-corrected chi connectivity index (χ4v) is 3.18. The van der Waals surface area contributed by atoms with E-state index < -0.39 is 0 Å². The highest BCUT2D eigenvalue weighted by Gasteiger charge is 2.14. The van der Waals surface area contributed by atoms with E-state index in [-0.39, 0.29) is 0 Å². The number of rotatable bonds is 6. The Morgan fingerprint density at radius 3 is 2.75 bits per heavy atom. The van der Waals surface area contributed by atoms with E-state index in [0.717, 1.165) is 43.5 Å². The SMILES string of the molecule is Cn1cc(CNCCC2CCOCC2)c(-c2ccc(C#N)cc2)n1. The Balaban J connectivity index is 1.58. The second kappa shape index (κ2) is 8.09. The molecule has 24 heavy (non-hydrogen) atoms. The Labute approximate surface area is 143 Å².